The molecule has 21 heavy (non-hydrogen) atoms. The number of ether oxygens (including phenoxy) is 3. The van der Waals surface area contributed by atoms with Gasteiger partial charge in [-0.2, -0.15) is 0 Å². The molecule has 0 radical (unpaired) electrons. The monoisotopic (exact) mass is 290 g/mol. The van der Waals surface area contributed by atoms with Crippen molar-refractivity contribution in [2.75, 3.05) is 36.6 Å². The number of benzene rings is 1. The van der Waals surface area contributed by atoms with Crippen LogP contribution in [0.2, 0.25) is 0 Å². The van der Waals surface area contributed by atoms with Crippen LogP contribution in [-0.4, -0.2) is 32.3 Å². The average molecular weight is 290 g/mol. The van der Waals surface area contributed by atoms with E-state index in [4.69, 9.17) is 14.2 Å². The molecule has 1 aromatic rings. The second kappa shape index (κ2) is 5.55. The van der Waals surface area contributed by atoms with Gasteiger partial charge < -0.3 is 24.4 Å². The summed E-state index contributed by atoms with van der Waals surface area (Å²) in [6.45, 7) is 5.97. The van der Waals surface area contributed by atoms with Gasteiger partial charge in [0.1, 0.15) is 18.9 Å². The Hall–Kier alpha value is -2.37. The van der Waals surface area contributed by atoms with E-state index in [1.165, 1.54) is 0 Å². The molecule has 0 saturated heterocycles. The number of carbonyl (C=O) groups is 1. The molecule has 0 fully saturated rings. The minimum Gasteiger partial charge on any atom is -0.486 e. The number of esters is 1. The summed E-state index contributed by atoms with van der Waals surface area (Å²) in [6, 6.07) is 3.79. The summed E-state index contributed by atoms with van der Waals surface area (Å²) in [5.41, 5.74) is 2.18. The zero-order chi connectivity index (χ0) is 14.8. The fourth-order valence-electron chi connectivity index (χ4n) is 2.39. The molecule has 3 rings (SSSR count). The average Bonchev–Trinajstić information content (AvgIpc) is 2.52. The highest BCUT2D eigenvalue weighted by Gasteiger charge is 2.25. The number of anilines is 2. The summed E-state index contributed by atoms with van der Waals surface area (Å²) in [7, 11) is 0. The molecule has 2 heterocycles. The summed E-state index contributed by atoms with van der Waals surface area (Å²) in [4.78, 5) is 13.9. The van der Waals surface area contributed by atoms with Crippen molar-refractivity contribution < 1.29 is 19.0 Å². The van der Waals surface area contributed by atoms with Crippen LogP contribution in [0.4, 0.5) is 11.4 Å². The number of nitrogens with one attached hydrogen (secondary N) is 1. The molecule has 0 aliphatic carbocycles. The lowest BCUT2D eigenvalue weighted by Gasteiger charge is -2.30. The molecule has 0 atom stereocenters. The van der Waals surface area contributed by atoms with E-state index in [2.05, 4.69) is 5.32 Å². The molecule has 0 unspecified atom stereocenters. The van der Waals surface area contributed by atoms with Crippen LogP contribution < -0.4 is 19.7 Å². The molecule has 2 aliphatic rings. The molecule has 112 valence electrons. The standard InChI is InChI=1S/C15H18N2O4/c1-3-17-9-11(15(18)19-4-2)16-10-7-13-14(8-12(10)17)21-6-5-20-13/h7-9,16H,3-6H2,1-2H3. The Bertz CT molecular complexity index is 598. The number of hydrogen-bond donors (Lipinski definition) is 1. The fraction of sp³-hybridized carbons (Fsp3) is 0.400. The Kier molecular flexibility index (Phi) is 3.60. The molecule has 6 nitrogen and oxygen atoms in total. The highest BCUT2D eigenvalue weighted by Crippen LogP contribution is 2.42. The largest absolute Gasteiger partial charge is 0.486 e. The van der Waals surface area contributed by atoms with E-state index in [1.807, 2.05) is 24.0 Å². The molecule has 0 spiro atoms. The zero-order valence-corrected chi connectivity index (χ0v) is 12.1. The highest BCUT2D eigenvalue weighted by atomic mass is 16.6. The van der Waals surface area contributed by atoms with Crippen LogP contribution in [0.25, 0.3) is 0 Å². The van der Waals surface area contributed by atoms with Gasteiger partial charge in [0.2, 0.25) is 0 Å². The van der Waals surface area contributed by atoms with Crippen LogP contribution in [-0.2, 0) is 9.53 Å². The first-order valence-corrected chi connectivity index (χ1v) is 7.09. The van der Waals surface area contributed by atoms with Crippen LogP contribution in [0.3, 0.4) is 0 Å². The highest BCUT2D eigenvalue weighted by molar-refractivity contribution is 5.96. The van der Waals surface area contributed by atoms with Gasteiger partial charge in [0.05, 0.1) is 18.0 Å². The van der Waals surface area contributed by atoms with E-state index in [0.29, 0.717) is 31.3 Å². The maximum absolute atomic E-state index is 11.9. The number of carbonyl (C=O) groups excluding carboxylic acids is 1. The van der Waals surface area contributed by atoms with Gasteiger partial charge in [-0.1, -0.05) is 0 Å². The number of fused-ring (bicyclic) bond motifs is 2. The van der Waals surface area contributed by atoms with Crippen molar-refractivity contribution >= 4 is 17.3 Å². The van der Waals surface area contributed by atoms with Crippen molar-refractivity contribution in [1.29, 1.82) is 0 Å². The number of rotatable bonds is 3. The molecule has 2 aliphatic heterocycles. The Morgan fingerprint density at radius 2 is 2.00 bits per heavy atom. The normalized spacial score (nSPS) is 15.7. The van der Waals surface area contributed by atoms with Gasteiger partial charge in [-0.25, -0.2) is 4.79 Å². The third-order valence-corrected chi connectivity index (χ3v) is 3.36. The lowest BCUT2D eigenvalue weighted by atomic mass is 10.1. The first-order chi connectivity index (χ1) is 10.2. The predicted molar refractivity (Wildman–Crippen MR) is 78.8 cm³/mol. The van der Waals surface area contributed by atoms with E-state index >= 15 is 0 Å². The van der Waals surface area contributed by atoms with Crippen molar-refractivity contribution in [3.8, 4) is 11.5 Å². The minimum absolute atomic E-state index is 0.345. The summed E-state index contributed by atoms with van der Waals surface area (Å²) in [6.07, 6.45) is 1.76. The predicted octanol–water partition coefficient (Wildman–Crippen LogP) is 2.11. The van der Waals surface area contributed by atoms with Crippen molar-refractivity contribution in [3.63, 3.8) is 0 Å². The third-order valence-electron chi connectivity index (χ3n) is 3.36. The van der Waals surface area contributed by atoms with Crippen LogP contribution in [0.15, 0.2) is 24.0 Å². The molecule has 0 amide bonds. The van der Waals surface area contributed by atoms with Crippen molar-refractivity contribution in [2.24, 2.45) is 0 Å². The second-order valence-corrected chi connectivity index (χ2v) is 4.69. The van der Waals surface area contributed by atoms with Gasteiger partial charge in [-0.15, -0.1) is 0 Å². The van der Waals surface area contributed by atoms with Gasteiger partial charge in [-0.05, 0) is 13.8 Å². The number of nitrogens with zero attached hydrogens (tertiary/aromatic N) is 1. The Balaban J connectivity index is 1.97. The maximum Gasteiger partial charge on any atom is 0.356 e. The van der Waals surface area contributed by atoms with Gasteiger partial charge in [0.25, 0.3) is 0 Å². The molecular weight excluding hydrogens is 272 g/mol. The van der Waals surface area contributed by atoms with Gasteiger partial charge >= 0.3 is 5.97 Å². The van der Waals surface area contributed by atoms with E-state index in [1.54, 1.807) is 13.1 Å². The van der Waals surface area contributed by atoms with Crippen molar-refractivity contribution in [2.45, 2.75) is 13.8 Å². The lowest BCUT2D eigenvalue weighted by molar-refractivity contribution is -0.138. The molecule has 0 saturated carbocycles. The molecule has 0 aromatic heterocycles. The first kappa shape index (κ1) is 13.6. The van der Waals surface area contributed by atoms with E-state index < -0.39 is 0 Å². The molecular formula is C15H18N2O4. The quantitative estimate of drug-likeness (QED) is 0.860. The van der Waals surface area contributed by atoms with E-state index in [-0.39, 0.29) is 5.97 Å². The van der Waals surface area contributed by atoms with Crippen LogP contribution in [0, 0.1) is 0 Å². The van der Waals surface area contributed by atoms with Crippen molar-refractivity contribution in [1.82, 2.24) is 0 Å². The van der Waals surface area contributed by atoms with E-state index in [9.17, 15) is 4.79 Å². The van der Waals surface area contributed by atoms with Crippen LogP contribution in [0.1, 0.15) is 13.8 Å². The van der Waals surface area contributed by atoms with Crippen LogP contribution >= 0.6 is 0 Å². The summed E-state index contributed by atoms with van der Waals surface area (Å²) in [5, 5.41) is 3.11. The molecule has 1 N–H and O–H groups in total. The van der Waals surface area contributed by atoms with Gasteiger partial charge in [0.15, 0.2) is 11.5 Å². The fourth-order valence-corrected chi connectivity index (χ4v) is 2.39. The lowest BCUT2D eigenvalue weighted by Crippen LogP contribution is -2.28. The van der Waals surface area contributed by atoms with Crippen molar-refractivity contribution in [3.05, 3.63) is 24.0 Å². The molecule has 6 heteroatoms. The SMILES string of the molecule is CCOC(=O)C1=CN(CC)c2cc3c(cc2N1)OCCO3. The minimum atomic E-state index is -0.364. The van der Waals surface area contributed by atoms with Gasteiger partial charge in [0, 0.05) is 24.9 Å². The zero-order valence-electron chi connectivity index (χ0n) is 12.1. The summed E-state index contributed by atoms with van der Waals surface area (Å²) < 4.78 is 16.2. The van der Waals surface area contributed by atoms with E-state index in [0.717, 1.165) is 23.7 Å². The van der Waals surface area contributed by atoms with Crippen LogP contribution in [0.5, 0.6) is 11.5 Å². The van der Waals surface area contributed by atoms with Gasteiger partial charge in [-0.3, -0.25) is 0 Å². The second-order valence-electron chi connectivity index (χ2n) is 4.69. The maximum atomic E-state index is 11.9. The smallest absolute Gasteiger partial charge is 0.356 e. The molecule has 1 aromatic carbocycles. The first-order valence-electron chi connectivity index (χ1n) is 7.09. The summed E-state index contributed by atoms with van der Waals surface area (Å²) >= 11 is 0. The Morgan fingerprint density at radius 1 is 1.29 bits per heavy atom. The molecule has 0 bridgehead atoms. The third kappa shape index (κ3) is 2.49. The Labute approximate surface area is 123 Å². The number of hydrogen-bond acceptors (Lipinski definition) is 6. The Morgan fingerprint density at radius 3 is 2.67 bits per heavy atom. The topological polar surface area (TPSA) is 60.0 Å². The summed E-state index contributed by atoms with van der Waals surface area (Å²) in [5.74, 6) is 1.05.